The largest absolute Gasteiger partial charge is 0.396 e. The van der Waals surface area contributed by atoms with Gasteiger partial charge in [-0.25, -0.2) is 4.98 Å². The molecule has 1 aliphatic rings. The minimum Gasteiger partial charge on any atom is -0.396 e. The fourth-order valence-electron chi connectivity index (χ4n) is 3.45. The second-order valence-corrected chi connectivity index (χ2v) is 7.39. The number of aliphatic hydroxyl groups is 1. The van der Waals surface area contributed by atoms with Crippen molar-refractivity contribution in [3.05, 3.63) is 39.6 Å². The number of piperazine rings is 1. The van der Waals surface area contributed by atoms with E-state index >= 15 is 0 Å². The van der Waals surface area contributed by atoms with Crippen molar-refractivity contribution in [1.82, 2.24) is 19.8 Å². The summed E-state index contributed by atoms with van der Waals surface area (Å²) in [6.45, 7) is 9.48. The molecule has 1 fully saturated rings. The first kappa shape index (κ1) is 17.6. The fraction of sp³-hybridized carbons (Fsp3) is 0.611. The molecule has 6 heteroatoms. The first-order valence-electron chi connectivity index (χ1n) is 8.82. The van der Waals surface area contributed by atoms with E-state index in [2.05, 4.69) is 45.5 Å². The maximum absolute atomic E-state index is 9.46. The first-order valence-corrected chi connectivity index (χ1v) is 9.76. The van der Waals surface area contributed by atoms with Crippen molar-refractivity contribution in [2.75, 3.05) is 26.2 Å². The van der Waals surface area contributed by atoms with Gasteiger partial charge in [0.05, 0.1) is 5.69 Å². The number of aromatic nitrogens is 2. The Hall–Kier alpha value is -1.21. The van der Waals surface area contributed by atoms with Crippen molar-refractivity contribution >= 4 is 11.3 Å². The van der Waals surface area contributed by atoms with E-state index < -0.39 is 0 Å². The standard InChI is InChI=1S/C18H28N4OS/c1-3-18-19-14(2)17(20-18)12-21-6-7-22(16(11-21)4-8-23)10-15-5-9-24-13-15/h5,9,13,16,23H,3-4,6-8,10-12H2,1-2H3,(H,19,20). The summed E-state index contributed by atoms with van der Waals surface area (Å²) in [4.78, 5) is 13.1. The predicted molar refractivity (Wildman–Crippen MR) is 98.2 cm³/mol. The molecule has 0 bridgehead atoms. The Kier molecular flexibility index (Phi) is 6.05. The summed E-state index contributed by atoms with van der Waals surface area (Å²) >= 11 is 1.75. The molecule has 1 saturated heterocycles. The molecule has 2 aromatic rings. The van der Waals surface area contributed by atoms with E-state index in [1.54, 1.807) is 11.3 Å². The van der Waals surface area contributed by atoms with Crippen LogP contribution in [0.3, 0.4) is 0 Å². The number of rotatable bonds is 7. The monoisotopic (exact) mass is 348 g/mol. The Morgan fingerprint density at radius 1 is 1.38 bits per heavy atom. The van der Waals surface area contributed by atoms with Gasteiger partial charge in [-0.05, 0) is 35.7 Å². The van der Waals surface area contributed by atoms with Crippen molar-refractivity contribution in [1.29, 1.82) is 0 Å². The number of H-pyrrole nitrogens is 1. The van der Waals surface area contributed by atoms with Gasteiger partial charge < -0.3 is 10.1 Å². The fourth-order valence-corrected chi connectivity index (χ4v) is 4.11. The molecule has 0 radical (unpaired) electrons. The van der Waals surface area contributed by atoms with E-state index in [-0.39, 0.29) is 6.61 Å². The molecular weight excluding hydrogens is 320 g/mol. The summed E-state index contributed by atoms with van der Waals surface area (Å²) in [7, 11) is 0. The molecule has 0 spiro atoms. The lowest BCUT2D eigenvalue weighted by molar-refractivity contribution is 0.0494. The molecule has 1 unspecified atom stereocenters. The Labute approximate surface area is 148 Å². The molecule has 0 amide bonds. The second kappa shape index (κ2) is 8.25. The number of thiophene rings is 1. The molecule has 2 aromatic heterocycles. The summed E-state index contributed by atoms with van der Waals surface area (Å²) in [5.74, 6) is 1.07. The number of hydrogen-bond donors (Lipinski definition) is 2. The smallest absolute Gasteiger partial charge is 0.106 e. The van der Waals surface area contributed by atoms with Crippen LogP contribution in [0, 0.1) is 6.92 Å². The highest BCUT2D eigenvalue weighted by molar-refractivity contribution is 7.07. The number of aryl methyl sites for hydroxylation is 2. The molecule has 0 aromatic carbocycles. The van der Waals surface area contributed by atoms with E-state index in [1.165, 1.54) is 17.0 Å². The second-order valence-electron chi connectivity index (χ2n) is 6.61. The maximum atomic E-state index is 9.46. The zero-order valence-electron chi connectivity index (χ0n) is 14.7. The van der Waals surface area contributed by atoms with Crippen molar-refractivity contribution in [3.63, 3.8) is 0 Å². The molecule has 132 valence electrons. The minimum atomic E-state index is 0.250. The summed E-state index contributed by atoms with van der Waals surface area (Å²) in [6.07, 6.45) is 1.78. The van der Waals surface area contributed by atoms with Crippen LogP contribution in [0.15, 0.2) is 16.8 Å². The molecule has 0 saturated carbocycles. The lowest BCUT2D eigenvalue weighted by Gasteiger charge is -2.41. The van der Waals surface area contributed by atoms with E-state index in [1.807, 2.05) is 0 Å². The van der Waals surface area contributed by atoms with Crippen LogP contribution in [0.5, 0.6) is 0 Å². The summed E-state index contributed by atoms with van der Waals surface area (Å²) < 4.78 is 0. The average Bonchev–Trinajstić information content (AvgIpc) is 3.20. The van der Waals surface area contributed by atoms with Crippen LogP contribution < -0.4 is 0 Å². The Bertz CT molecular complexity index is 625. The Morgan fingerprint density at radius 2 is 2.25 bits per heavy atom. The molecule has 0 aliphatic carbocycles. The normalized spacial score (nSPS) is 19.9. The molecule has 3 rings (SSSR count). The third-order valence-electron chi connectivity index (χ3n) is 4.86. The number of aromatic amines is 1. The van der Waals surface area contributed by atoms with Crippen molar-refractivity contribution in [2.45, 2.75) is 45.8 Å². The highest BCUT2D eigenvalue weighted by Crippen LogP contribution is 2.20. The minimum absolute atomic E-state index is 0.250. The van der Waals surface area contributed by atoms with Crippen molar-refractivity contribution in [3.8, 4) is 0 Å². The Balaban J connectivity index is 1.62. The van der Waals surface area contributed by atoms with Crippen molar-refractivity contribution < 1.29 is 5.11 Å². The molecular formula is C18H28N4OS. The number of aliphatic hydroxyl groups excluding tert-OH is 1. The number of hydrogen-bond acceptors (Lipinski definition) is 5. The van der Waals surface area contributed by atoms with Crippen LogP contribution in [-0.2, 0) is 19.5 Å². The van der Waals surface area contributed by atoms with Gasteiger partial charge in [0.25, 0.3) is 0 Å². The number of nitrogens with one attached hydrogen (secondary N) is 1. The average molecular weight is 349 g/mol. The molecule has 5 nitrogen and oxygen atoms in total. The van der Waals surface area contributed by atoms with Crippen LogP contribution in [-0.4, -0.2) is 57.2 Å². The highest BCUT2D eigenvalue weighted by atomic mass is 32.1. The van der Waals surface area contributed by atoms with Crippen LogP contribution in [0.1, 0.15) is 36.1 Å². The first-order chi connectivity index (χ1) is 11.7. The van der Waals surface area contributed by atoms with E-state index in [9.17, 15) is 5.11 Å². The highest BCUT2D eigenvalue weighted by Gasteiger charge is 2.27. The molecule has 3 heterocycles. The van der Waals surface area contributed by atoms with Gasteiger partial charge in [0, 0.05) is 57.5 Å². The predicted octanol–water partition coefficient (Wildman–Crippen LogP) is 2.41. The zero-order chi connectivity index (χ0) is 16.9. The van der Waals surface area contributed by atoms with E-state index in [0.717, 1.165) is 51.4 Å². The maximum Gasteiger partial charge on any atom is 0.106 e. The molecule has 24 heavy (non-hydrogen) atoms. The van der Waals surface area contributed by atoms with Gasteiger partial charge in [0.1, 0.15) is 5.82 Å². The van der Waals surface area contributed by atoms with Crippen LogP contribution >= 0.6 is 11.3 Å². The molecule has 1 aliphatic heterocycles. The zero-order valence-corrected chi connectivity index (χ0v) is 15.5. The van der Waals surface area contributed by atoms with Crippen LogP contribution in [0.2, 0.25) is 0 Å². The third-order valence-corrected chi connectivity index (χ3v) is 5.59. The van der Waals surface area contributed by atoms with Gasteiger partial charge in [0.15, 0.2) is 0 Å². The summed E-state index contributed by atoms with van der Waals surface area (Å²) in [5.41, 5.74) is 3.74. The van der Waals surface area contributed by atoms with Gasteiger partial charge in [-0.2, -0.15) is 11.3 Å². The quantitative estimate of drug-likeness (QED) is 0.807. The van der Waals surface area contributed by atoms with Crippen molar-refractivity contribution in [2.24, 2.45) is 0 Å². The summed E-state index contributed by atoms with van der Waals surface area (Å²) in [5, 5.41) is 13.8. The van der Waals surface area contributed by atoms with E-state index in [4.69, 9.17) is 4.98 Å². The Morgan fingerprint density at radius 3 is 2.92 bits per heavy atom. The summed E-state index contributed by atoms with van der Waals surface area (Å²) in [6, 6.07) is 2.61. The molecule has 1 atom stereocenters. The van der Waals surface area contributed by atoms with Crippen LogP contribution in [0.4, 0.5) is 0 Å². The number of imidazole rings is 1. The van der Waals surface area contributed by atoms with Gasteiger partial charge in [-0.3, -0.25) is 9.80 Å². The SMILES string of the molecule is CCc1nc(CN2CCN(Cc3ccsc3)C(CCO)C2)c(C)[nH]1. The number of nitrogens with zero attached hydrogens (tertiary/aromatic N) is 3. The van der Waals surface area contributed by atoms with E-state index in [0.29, 0.717) is 6.04 Å². The lowest BCUT2D eigenvalue weighted by atomic mass is 10.1. The van der Waals surface area contributed by atoms with Gasteiger partial charge in [0.2, 0.25) is 0 Å². The topological polar surface area (TPSA) is 55.4 Å². The lowest BCUT2D eigenvalue weighted by Crippen LogP contribution is -2.52. The van der Waals surface area contributed by atoms with Crippen LogP contribution in [0.25, 0.3) is 0 Å². The van der Waals surface area contributed by atoms with Gasteiger partial charge >= 0.3 is 0 Å². The molecule has 2 N–H and O–H groups in total. The third kappa shape index (κ3) is 4.25. The van der Waals surface area contributed by atoms with Gasteiger partial charge in [-0.15, -0.1) is 0 Å². The van der Waals surface area contributed by atoms with Gasteiger partial charge in [-0.1, -0.05) is 6.92 Å².